The first kappa shape index (κ1) is 13.4. The zero-order valence-corrected chi connectivity index (χ0v) is 11.9. The van der Waals surface area contributed by atoms with Gasteiger partial charge >= 0.3 is 6.03 Å². The van der Waals surface area contributed by atoms with E-state index in [4.69, 9.17) is 11.6 Å². The first-order chi connectivity index (χ1) is 10.1. The number of benzene rings is 1. The van der Waals surface area contributed by atoms with Gasteiger partial charge in [-0.15, -0.1) is 10.2 Å². The number of nitrogens with zero attached hydrogens (tertiary/aromatic N) is 3. The largest absolute Gasteiger partial charge is 0.326 e. The molecule has 0 spiro atoms. The average molecular weight is 302 g/mol. The number of pyridine rings is 1. The fourth-order valence-corrected chi connectivity index (χ4v) is 2.21. The first-order valence-electron chi connectivity index (χ1n) is 6.28. The molecule has 0 bridgehead atoms. The van der Waals surface area contributed by atoms with E-state index < -0.39 is 6.03 Å². The molecule has 2 amide bonds. The molecule has 0 saturated carbocycles. The van der Waals surface area contributed by atoms with E-state index in [-0.39, 0.29) is 5.95 Å². The number of carbonyl (C=O) groups excluding carboxylic acids is 1. The fraction of sp³-hybridized carbons (Fsp3) is 0.0714. The van der Waals surface area contributed by atoms with E-state index in [9.17, 15) is 4.79 Å². The number of urea groups is 1. The molecule has 0 aliphatic heterocycles. The Morgan fingerprint density at radius 3 is 2.76 bits per heavy atom. The summed E-state index contributed by atoms with van der Waals surface area (Å²) >= 11 is 6.08. The van der Waals surface area contributed by atoms with Crippen LogP contribution in [-0.4, -0.2) is 20.6 Å². The molecule has 2 heterocycles. The van der Waals surface area contributed by atoms with Gasteiger partial charge in [0.2, 0.25) is 5.95 Å². The van der Waals surface area contributed by atoms with Gasteiger partial charge in [-0.25, -0.2) is 4.79 Å². The van der Waals surface area contributed by atoms with E-state index >= 15 is 0 Å². The lowest BCUT2D eigenvalue weighted by molar-refractivity contribution is 0.262. The highest BCUT2D eigenvalue weighted by Crippen LogP contribution is 2.17. The molecule has 0 radical (unpaired) electrons. The minimum absolute atomic E-state index is 0.265. The average Bonchev–Trinajstić information content (AvgIpc) is 2.83. The highest BCUT2D eigenvalue weighted by Gasteiger charge is 2.11. The van der Waals surface area contributed by atoms with Crippen LogP contribution in [0.15, 0.2) is 42.5 Å². The van der Waals surface area contributed by atoms with Gasteiger partial charge in [-0.05, 0) is 36.8 Å². The first-order valence-corrected chi connectivity index (χ1v) is 6.65. The maximum Gasteiger partial charge on any atom is 0.326 e. The predicted molar refractivity (Wildman–Crippen MR) is 81.8 cm³/mol. The van der Waals surface area contributed by atoms with Crippen LogP contribution in [-0.2, 0) is 0 Å². The van der Waals surface area contributed by atoms with Crippen LogP contribution >= 0.6 is 11.6 Å². The number of amides is 2. The van der Waals surface area contributed by atoms with Crippen molar-refractivity contribution >= 4 is 34.9 Å². The van der Waals surface area contributed by atoms with Crippen LogP contribution in [0, 0.1) is 6.92 Å². The van der Waals surface area contributed by atoms with E-state index in [0.29, 0.717) is 16.5 Å². The molecule has 0 atom stereocenters. The van der Waals surface area contributed by atoms with Gasteiger partial charge in [0.15, 0.2) is 5.65 Å². The Morgan fingerprint density at radius 1 is 1.14 bits per heavy atom. The SMILES string of the molecule is Cc1cccc(NC(=O)Nc2nnc3cccc(Cl)n23)c1. The van der Waals surface area contributed by atoms with E-state index in [2.05, 4.69) is 20.8 Å². The third-order valence-corrected chi connectivity index (χ3v) is 3.18. The Labute approximate surface area is 125 Å². The lowest BCUT2D eigenvalue weighted by Gasteiger charge is -2.07. The Bertz CT molecular complexity index is 814. The topological polar surface area (TPSA) is 71.3 Å². The third-order valence-electron chi connectivity index (χ3n) is 2.88. The molecular formula is C14H12ClN5O. The maximum absolute atomic E-state index is 12.0. The van der Waals surface area contributed by atoms with Crippen LogP contribution in [0.2, 0.25) is 5.15 Å². The number of fused-ring (bicyclic) bond motifs is 1. The number of hydrogen-bond acceptors (Lipinski definition) is 3. The Hall–Kier alpha value is -2.60. The Kier molecular flexibility index (Phi) is 3.45. The lowest BCUT2D eigenvalue weighted by Crippen LogP contribution is -2.21. The Balaban J connectivity index is 1.81. The smallest absolute Gasteiger partial charge is 0.308 e. The molecule has 0 unspecified atom stereocenters. The van der Waals surface area contributed by atoms with Crippen LogP contribution in [0.1, 0.15) is 5.56 Å². The Morgan fingerprint density at radius 2 is 1.95 bits per heavy atom. The molecule has 3 rings (SSSR count). The molecule has 3 aromatic rings. The van der Waals surface area contributed by atoms with Crippen LogP contribution in [0.5, 0.6) is 0 Å². The minimum Gasteiger partial charge on any atom is -0.308 e. The van der Waals surface area contributed by atoms with E-state index in [1.165, 1.54) is 0 Å². The van der Waals surface area contributed by atoms with Crippen LogP contribution in [0.4, 0.5) is 16.4 Å². The molecule has 2 aromatic heterocycles. The highest BCUT2D eigenvalue weighted by atomic mass is 35.5. The van der Waals surface area contributed by atoms with Gasteiger partial charge in [0.25, 0.3) is 0 Å². The van der Waals surface area contributed by atoms with Gasteiger partial charge in [-0.1, -0.05) is 29.8 Å². The second-order valence-electron chi connectivity index (χ2n) is 4.51. The molecule has 0 aliphatic rings. The number of halogens is 1. The number of nitrogens with one attached hydrogen (secondary N) is 2. The molecule has 21 heavy (non-hydrogen) atoms. The summed E-state index contributed by atoms with van der Waals surface area (Å²) in [5, 5.41) is 13.6. The van der Waals surface area contributed by atoms with Gasteiger partial charge < -0.3 is 5.32 Å². The van der Waals surface area contributed by atoms with Crippen molar-refractivity contribution in [2.75, 3.05) is 10.6 Å². The summed E-state index contributed by atoms with van der Waals surface area (Å²) in [5.74, 6) is 0.265. The van der Waals surface area contributed by atoms with Gasteiger partial charge in [-0.3, -0.25) is 9.72 Å². The summed E-state index contributed by atoms with van der Waals surface area (Å²) in [7, 11) is 0. The molecule has 0 aliphatic carbocycles. The van der Waals surface area contributed by atoms with Gasteiger partial charge in [0.05, 0.1) is 0 Å². The van der Waals surface area contributed by atoms with Gasteiger partial charge in [0, 0.05) is 5.69 Å². The molecule has 2 N–H and O–H groups in total. The van der Waals surface area contributed by atoms with Crippen molar-refractivity contribution in [2.24, 2.45) is 0 Å². The van der Waals surface area contributed by atoms with E-state index in [1.54, 1.807) is 22.6 Å². The molecular weight excluding hydrogens is 290 g/mol. The normalized spacial score (nSPS) is 10.6. The van der Waals surface area contributed by atoms with Crippen molar-refractivity contribution < 1.29 is 4.79 Å². The van der Waals surface area contributed by atoms with Crippen molar-refractivity contribution in [3.63, 3.8) is 0 Å². The molecule has 0 fully saturated rings. The maximum atomic E-state index is 12.0. The summed E-state index contributed by atoms with van der Waals surface area (Å²) in [6.07, 6.45) is 0. The molecule has 0 saturated heterocycles. The summed E-state index contributed by atoms with van der Waals surface area (Å²) in [5.41, 5.74) is 2.32. The summed E-state index contributed by atoms with van der Waals surface area (Å²) in [4.78, 5) is 12.0. The van der Waals surface area contributed by atoms with Crippen LogP contribution in [0.25, 0.3) is 5.65 Å². The van der Waals surface area contributed by atoms with Crippen molar-refractivity contribution in [3.05, 3.63) is 53.2 Å². The van der Waals surface area contributed by atoms with Gasteiger partial charge in [-0.2, -0.15) is 0 Å². The zero-order chi connectivity index (χ0) is 14.8. The predicted octanol–water partition coefficient (Wildman–Crippen LogP) is 3.34. The van der Waals surface area contributed by atoms with Crippen LogP contribution in [0.3, 0.4) is 0 Å². The number of carbonyl (C=O) groups is 1. The summed E-state index contributed by atoms with van der Waals surface area (Å²) < 4.78 is 1.55. The van der Waals surface area contributed by atoms with E-state index in [1.807, 2.05) is 31.2 Å². The standard InChI is InChI=1S/C14H12ClN5O/c1-9-4-2-5-10(8-9)16-14(21)17-13-19-18-12-7-3-6-11(15)20(12)13/h2-8H,1H3,(H2,16,17,19,21). The third kappa shape index (κ3) is 2.80. The van der Waals surface area contributed by atoms with Crippen molar-refractivity contribution in [2.45, 2.75) is 6.92 Å². The number of anilines is 2. The summed E-state index contributed by atoms with van der Waals surface area (Å²) in [6.45, 7) is 1.95. The zero-order valence-electron chi connectivity index (χ0n) is 11.2. The second kappa shape index (κ2) is 5.41. The van der Waals surface area contributed by atoms with Crippen molar-refractivity contribution in [1.29, 1.82) is 0 Å². The number of rotatable bonds is 2. The number of aromatic nitrogens is 3. The molecule has 6 nitrogen and oxygen atoms in total. The molecule has 7 heteroatoms. The molecule has 106 valence electrons. The van der Waals surface area contributed by atoms with Crippen molar-refractivity contribution in [3.8, 4) is 0 Å². The fourth-order valence-electron chi connectivity index (χ4n) is 1.97. The van der Waals surface area contributed by atoms with Gasteiger partial charge in [0.1, 0.15) is 5.15 Å². The van der Waals surface area contributed by atoms with Crippen molar-refractivity contribution in [1.82, 2.24) is 14.6 Å². The second-order valence-corrected chi connectivity index (χ2v) is 4.90. The quantitative estimate of drug-likeness (QED) is 0.713. The number of aryl methyl sites for hydroxylation is 1. The minimum atomic E-state index is -0.408. The van der Waals surface area contributed by atoms with Crippen LogP contribution < -0.4 is 10.6 Å². The highest BCUT2D eigenvalue weighted by molar-refractivity contribution is 6.30. The monoisotopic (exact) mass is 301 g/mol. The summed E-state index contributed by atoms with van der Waals surface area (Å²) in [6, 6.07) is 12.3. The lowest BCUT2D eigenvalue weighted by atomic mass is 10.2. The molecule has 1 aromatic carbocycles. The van der Waals surface area contributed by atoms with E-state index in [0.717, 1.165) is 5.56 Å². The number of hydrogen-bond donors (Lipinski definition) is 2.